The summed E-state index contributed by atoms with van der Waals surface area (Å²) in [7, 11) is 1.61. The number of anilines is 1. The van der Waals surface area contributed by atoms with Crippen LogP contribution in [0.15, 0.2) is 42.5 Å². The molecule has 1 saturated heterocycles. The van der Waals surface area contributed by atoms with Crippen LogP contribution in [0, 0.1) is 5.82 Å². The molecule has 33 heavy (non-hydrogen) atoms. The highest BCUT2D eigenvalue weighted by molar-refractivity contribution is 6.31. The SMILES string of the molecule is COCc1nnc2c3ccc(Cl)cc3nc(N3CCN(C(=O)c4ccc(F)cc4)C(C)C3)n12. The second-order valence-corrected chi connectivity index (χ2v) is 8.52. The highest BCUT2D eigenvalue weighted by atomic mass is 35.5. The van der Waals surface area contributed by atoms with Crippen LogP contribution in [0.25, 0.3) is 16.6 Å². The van der Waals surface area contributed by atoms with Gasteiger partial charge in [0.2, 0.25) is 5.95 Å². The Morgan fingerprint density at radius 3 is 2.70 bits per heavy atom. The molecule has 1 atom stereocenters. The highest BCUT2D eigenvalue weighted by Gasteiger charge is 2.30. The molecule has 0 spiro atoms. The first-order valence-electron chi connectivity index (χ1n) is 10.6. The van der Waals surface area contributed by atoms with Gasteiger partial charge in [0.05, 0.1) is 5.52 Å². The average Bonchev–Trinajstić information content (AvgIpc) is 3.22. The number of nitrogens with zero attached hydrogens (tertiary/aromatic N) is 6. The molecule has 0 radical (unpaired) electrons. The van der Waals surface area contributed by atoms with Crippen molar-refractivity contribution in [2.24, 2.45) is 0 Å². The van der Waals surface area contributed by atoms with E-state index in [1.54, 1.807) is 18.1 Å². The quantitative estimate of drug-likeness (QED) is 0.456. The fourth-order valence-electron chi connectivity index (χ4n) is 4.28. The number of piperazine rings is 1. The van der Waals surface area contributed by atoms with Gasteiger partial charge in [0, 0.05) is 48.8 Å². The number of fused-ring (bicyclic) bond motifs is 3. The molecule has 10 heteroatoms. The van der Waals surface area contributed by atoms with E-state index in [4.69, 9.17) is 21.3 Å². The van der Waals surface area contributed by atoms with Crippen molar-refractivity contribution in [1.29, 1.82) is 0 Å². The Morgan fingerprint density at radius 1 is 1.18 bits per heavy atom. The number of rotatable bonds is 4. The highest BCUT2D eigenvalue weighted by Crippen LogP contribution is 2.28. The molecule has 0 N–H and O–H groups in total. The Balaban J connectivity index is 1.50. The molecule has 2 aromatic heterocycles. The van der Waals surface area contributed by atoms with Crippen molar-refractivity contribution in [2.75, 3.05) is 31.6 Å². The molecule has 1 amide bonds. The van der Waals surface area contributed by atoms with Crippen LogP contribution in [0.3, 0.4) is 0 Å². The maximum absolute atomic E-state index is 13.3. The Hall–Kier alpha value is -3.30. The zero-order chi connectivity index (χ0) is 23.1. The van der Waals surface area contributed by atoms with Crippen molar-refractivity contribution < 1.29 is 13.9 Å². The zero-order valence-corrected chi connectivity index (χ0v) is 19.0. The summed E-state index contributed by atoms with van der Waals surface area (Å²) in [6.07, 6.45) is 0. The van der Waals surface area contributed by atoms with E-state index in [-0.39, 0.29) is 24.4 Å². The molecule has 0 aliphatic carbocycles. The lowest BCUT2D eigenvalue weighted by Gasteiger charge is -2.40. The molecule has 170 valence electrons. The Labute approximate surface area is 194 Å². The second-order valence-electron chi connectivity index (χ2n) is 8.08. The predicted molar refractivity (Wildman–Crippen MR) is 123 cm³/mol. The number of aromatic nitrogens is 4. The van der Waals surface area contributed by atoms with Crippen molar-refractivity contribution in [3.05, 3.63) is 64.7 Å². The number of hydrogen-bond acceptors (Lipinski definition) is 6. The molecule has 1 fully saturated rings. The Bertz CT molecular complexity index is 1340. The van der Waals surface area contributed by atoms with Crippen LogP contribution in [0.1, 0.15) is 23.1 Å². The smallest absolute Gasteiger partial charge is 0.254 e. The molecule has 0 saturated carbocycles. The maximum atomic E-state index is 13.3. The molecule has 4 aromatic rings. The third kappa shape index (κ3) is 3.87. The minimum absolute atomic E-state index is 0.0921. The van der Waals surface area contributed by atoms with E-state index < -0.39 is 0 Å². The first-order valence-corrected chi connectivity index (χ1v) is 11.0. The van der Waals surface area contributed by atoms with Gasteiger partial charge in [-0.3, -0.25) is 4.79 Å². The average molecular weight is 469 g/mol. The normalized spacial score (nSPS) is 16.7. The maximum Gasteiger partial charge on any atom is 0.254 e. The van der Waals surface area contributed by atoms with Crippen molar-refractivity contribution in [3.8, 4) is 0 Å². The van der Waals surface area contributed by atoms with Crippen LogP contribution in [0.4, 0.5) is 10.3 Å². The minimum atomic E-state index is -0.364. The van der Waals surface area contributed by atoms with E-state index in [1.165, 1.54) is 24.3 Å². The number of ether oxygens (including phenoxy) is 1. The number of halogens is 2. The van der Waals surface area contributed by atoms with Gasteiger partial charge in [0.1, 0.15) is 12.4 Å². The topological polar surface area (TPSA) is 75.9 Å². The van der Waals surface area contributed by atoms with E-state index in [9.17, 15) is 9.18 Å². The van der Waals surface area contributed by atoms with Crippen molar-refractivity contribution in [2.45, 2.75) is 19.6 Å². The predicted octanol–water partition coefficient (Wildman–Crippen LogP) is 3.57. The van der Waals surface area contributed by atoms with Crippen molar-refractivity contribution in [3.63, 3.8) is 0 Å². The lowest BCUT2D eigenvalue weighted by atomic mass is 10.1. The molecule has 2 aromatic carbocycles. The number of methoxy groups -OCH3 is 1. The second kappa shape index (κ2) is 8.57. The largest absolute Gasteiger partial charge is 0.377 e. The van der Waals surface area contributed by atoms with Crippen molar-refractivity contribution >= 4 is 40.0 Å². The minimum Gasteiger partial charge on any atom is -0.377 e. The van der Waals surface area contributed by atoms with E-state index in [2.05, 4.69) is 15.1 Å². The number of carbonyl (C=O) groups excluding carboxylic acids is 1. The van der Waals surface area contributed by atoms with E-state index in [1.807, 2.05) is 23.5 Å². The van der Waals surface area contributed by atoms with Crippen LogP contribution < -0.4 is 4.90 Å². The first kappa shape index (κ1) is 21.5. The van der Waals surface area contributed by atoms with Crippen LogP contribution in [-0.2, 0) is 11.3 Å². The van der Waals surface area contributed by atoms with Gasteiger partial charge in [-0.05, 0) is 49.4 Å². The molecule has 8 nitrogen and oxygen atoms in total. The number of hydrogen-bond donors (Lipinski definition) is 0. The lowest BCUT2D eigenvalue weighted by molar-refractivity contribution is 0.0673. The van der Waals surface area contributed by atoms with Crippen LogP contribution in [0.5, 0.6) is 0 Å². The molecular weight excluding hydrogens is 447 g/mol. The third-order valence-electron chi connectivity index (χ3n) is 5.89. The number of amides is 1. The van der Waals surface area contributed by atoms with E-state index in [0.29, 0.717) is 47.6 Å². The van der Waals surface area contributed by atoms with Gasteiger partial charge in [-0.15, -0.1) is 10.2 Å². The van der Waals surface area contributed by atoms with Gasteiger partial charge in [-0.25, -0.2) is 13.8 Å². The Kier molecular flexibility index (Phi) is 5.59. The monoisotopic (exact) mass is 468 g/mol. The van der Waals surface area contributed by atoms with Gasteiger partial charge in [-0.2, -0.15) is 0 Å². The molecule has 1 unspecified atom stereocenters. The Morgan fingerprint density at radius 2 is 1.97 bits per heavy atom. The van der Waals surface area contributed by atoms with Crippen molar-refractivity contribution in [1.82, 2.24) is 24.5 Å². The molecule has 1 aliphatic heterocycles. The van der Waals surface area contributed by atoms with Gasteiger partial charge < -0.3 is 14.5 Å². The summed E-state index contributed by atoms with van der Waals surface area (Å²) in [5.74, 6) is 0.841. The molecule has 0 bridgehead atoms. The molecular formula is C23H22ClFN6O2. The standard InChI is InChI=1S/C23H22ClFN6O2/c1-14-12-29(9-10-30(14)22(32)15-3-6-17(25)7-4-15)23-26-19-11-16(24)5-8-18(19)21-28-27-20(13-33-2)31(21)23/h3-8,11,14H,9-10,12-13H2,1-2H3. The number of benzene rings is 2. The summed E-state index contributed by atoms with van der Waals surface area (Å²) in [4.78, 5) is 21.8. The van der Waals surface area contributed by atoms with Crippen LogP contribution in [-0.4, -0.2) is 63.2 Å². The summed E-state index contributed by atoms with van der Waals surface area (Å²) in [5.41, 5.74) is 1.87. The third-order valence-corrected chi connectivity index (χ3v) is 6.12. The summed E-state index contributed by atoms with van der Waals surface area (Å²) < 4.78 is 20.5. The molecule has 1 aliphatic rings. The van der Waals surface area contributed by atoms with Gasteiger partial charge in [0.15, 0.2) is 11.5 Å². The summed E-state index contributed by atoms with van der Waals surface area (Å²) >= 11 is 6.22. The van der Waals surface area contributed by atoms with Gasteiger partial charge >= 0.3 is 0 Å². The van der Waals surface area contributed by atoms with E-state index in [0.717, 1.165) is 10.9 Å². The summed E-state index contributed by atoms with van der Waals surface area (Å²) in [5, 5.41) is 10.1. The lowest BCUT2D eigenvalue weighted by Crippen LogP contribution is -2.54. The fourth-order valence-corrected chi connectivity index (χ4v) is 4.45. The van der Waals surface area contributed by atoms with Crippen LogP contribution in [0.2, 0.25) is 5.02 Å². The first-order chi connectivity index (χ1) is 16.0. The number of carbonyl (C=O) groups is 1. The molecule has 5 rings (SSSR count). The summed E-state index contributed by atoms with van der Waals surface area (Å²) in [6, 6.07) is 11.0. The van der Waals surface area contributed by atoms with Crippen LogP contribution >= 0.6 is 11.6 Å². The zero-order valence-electron chi connectivity index (χ0n) is 18.2. The summed E-state index contributed by atoms with van der Waals surface area (Å²) in [6.45, 7) is 3.90. The fraction of sp³-hybridized carbons (Fsp3) is 0.304. The van der Waals surface area contributed by atoms with Gasteiger partial charge in [0.25, 0.3) is 5.91 Å². The molecule has 3 heterocycles. The van der Waals surface area contributed by atoms with Gasteiger partial charge in [-0.1, -0.05) is 11.6 Å². The van der Waals surface area contributed by atoms with E-state index >= 15 is 0 Å².